The van der Waals surface area contributed by atoms with Gasteiger partial charge in [0.05, 0.1) is 6.54 Å². The predicted molar refractivity (Wildman–Crippen MR) is 76.9 cm³/mol. The second-order valence-corrected chi connectivity index (χ2v) is 4.84. The van der Waals surface area contributed by atoms with Crippen molar-refractivity contribution in [3.8, 4) is 11.5 Å². The first-order valence-electron chi connectivity index (χ1n) is 6.50. The van der Waals surface area contributed by atoms with Gasteiger partial charge in [0, 0.05) is 31.2 Å². The molecule has 3 rings (SSSR count). The van der Waals surface area contributed by atoms with Gasteiger partial charge in [-0.3, -0.25) is 9.59 Å². The molecule has 110 valence electrons. The number of nitrogen functional groups attached to an aromatic ring is 1. The Kier molecular flexibility index (Phi) is 3.17. The molecular weight excluding hydrogens is 274 g/mol. The highest BCUT2D eigenvalue weighted by Gasteiger charge is 2.15. The molecule has 1 aromatic heterocycles. The van der Waals surface area contributed by atoms with Crippen LogP contribution in [-0.2, 0) is 13.6 Å². The highest BCUT2D eigenvalue weighted by Crippen LogP contribution is 2.34. The van der Waals surface area contributed by atoms with Gasteiger partial charge in [0.2, 0.25) is 0 Å². The minimum atomic E-state index is -0.589. The number of benzene rings is 1. The molecule has 0 unspecified atom stereocenters. The zero-order valence-electron chi connectivity index (χ0n) is 11.5. The first kappa shape index (κ1) is 13.3. The molecule has 0 amide bonds. The fourth-order valence-electron chi connectivity index (χ4n) is 2.18. The van der Waals surface area contributed by atoms with Gasteiger partial charge in [0.1, 0.15) is 13.2 Å². The number of aryl methyl sites for hydroxylation is 1. The van der Waals surface area contributed by atoms with Crippen LogP contribution in [0.5, 0.6) is 11.5 Å². The summed E-state index contributed by atoms with van der Waals surface area (Å²) >= 11 is 0. The van der Waals surface area contributed by atoms with Crippen molar-refractivity contribution in [2.75, 3.05) is 18.9 Å². The molecule has 0 bridgehead atoms. The van der Waals surface area contributed by atoms with Gasteiger partial charge in [-0.05, 0) is 11.6 Å². The van der Waals surface area contributed by atoms with E-state index in [1.807, 2.05) is 0 Å². The number of ether oxygens (including phenoxy) is 2. The van der Waals surface area contributed by atoms with Gasteiger partial charge in [-0.2, -0.15) is 0 Å². The van der Waals surface area contributed by atoms with E-state index in [1.165, 1.54) is 22.4 Å². The van der Waals surface area contributed by atoms with Crippen molar-refractivity contribution in [2.24, 2.45) is 7.05 Å². The summed E-state index contributed by atoms with van der Waals surface area (Å²) in [6.07, 6.45) is 3.10. The number of hydrogen-bond donors (Lipinski definition) is 1. The second kappa shape index (κ2) is 5.01. The Morgan fingerprint density at radius 1 is 1.10 bits per heavy atom. The van der Waals surface area contributed by atoms with E-state index < -0.39 is 11.1 Å². The first-order chi connectivity index (χ1) is 10.1. The van der Waals surface area contributed by atoms with Gasteiger partial charge >= 0.3 is 11.1 Å². The van der Waals surface area contributed by atoms with Crippen molar-refractivity contribution in [3.63, 3.8) is 0 Å². The summed E-state index contributed by atoms with van der Waals surface area (Å²) in [6.45, 7) is 1.17. The van der Waals surface area contributed by atoms with Crippen LogP contribution in [0.25, 0.3) is 0 Å². The molecular formula is C14H15N3O4. The molecule has 0 radical (unpaired) electrons. The zero-order valence-corrected chi connectivity index (χ0v) is 11.5. The minimum Gasteiger partial charge on any atom is -0.486 e. The summed E-state index contributed by atoms with van der Waals surface area (Å²) < 4.78 is 13.5. The van der Waals surface area contributed by atoms with Crippen LogP contribution < -0.4 is 26.3 Å². The molecule has 1 aliphatic rings. The molecule has 7 heteroatoms. The van der Waals surface area contributed by atoms with Crippen molar-refractivity contribution in [2.45, 2.75) is 6.54 Å². The third-order valence-corrected chi connectivity index (χ3v) is 3.38. The fourth-order valence-corrected chi connectivity index (χ4v) is 2.18. The Balaban J connectivity index is 2.01. The molecule has 0 spiro atoms. The van der Waals surface area contributed by atoms with Gasteiger partial charge in [0.25, 0.3) is 0 Å². The van der Waals surface area contributed by atoms with E-state index in [4.69, 9.17) is 15.2 Å². The van der Waals surface area contributed by atoms with Crippen molar-refractivity contribution in [3.05, 3.63) is 50.8 Å². The van der Waals surface area contributed by atoms with Crippen molar-refractivity contribution in [1.82, 2.24) is 9.13 Å². The quantitative estimate of drug-likeness (QED) is 0.618. The van der Waals surface area contributed by atoms with Crippen LogP contribution in [0.3, 0.4) is 0 Å². The lowest BCUT2D eigenvalue weighted by Gasteiger charge is -2.20. The average Bonchev–Trinajstić information content (AvgIpc) is 2.48. The maximum atomic E-state index is 11.9. The molecule has 1 aliphatic heterocycles. The number of hydrogen-bond acceptors (Lipinski definition) is 5. The maximum Gasteiger partial charge on any atom is 0.316 e. The fraction of sp³-hybridized carbons (Fsp3) is 0.286. The lowest BCUT2D eigenvalue weighted by Crippen LogP contribution is -2.39. The standard InChI is InChI=1S/C14H15N3O4/c1-16-2-3-17(14(19)13(16)18)8-9-6-11-12(7-10(9)15)21-5-4-20-11/h2-3,6-7H,4-5,8,15H2,1H3. The van der Waals surface area contributed by atoms with Crippen LogP contribution in [-0.4, -0.2) is 22.3 Å². The van der Waals surface area contributed by atoms with Crippen LogP contribution >= 0.6 is 0 Å². The van der Waals surface area contributed by atoms with Crippen LogP contribution in [0.2, 0.25) is 0 Å². The van der Waals surface area contributed by atoms with E-state index in [0.29, 0.717) is 36.0 Å². The monoisotopic (exact) mass is 289 g/mol. The largest absolute Gasteiger partial charge is 0.486 e. The molecule has 0 fully saturated rings. The van der Waals surface area contributed by atoms with Gasteiger partial charge in [-0.25, -0.2) is 0 Å². The molecule has 2 aromatic rings. The predicted octanol–water partition coefficient (Wildman–Crippen LogP) is -0.0513. The Bertz CT molecular complexity index is 807. The third kappa shape index (κ3) is 2.37. The number of rotatable bonds is 2. The molecule has 0 aliphatic carbocycles. The van der Waals surface area contributed by atoms with Crippen molar-refractivity contribution < 1.29 is 9.47 Å². The molecule has 2 heterocycles. The van der Waals surface area contributed by atoms with E-state index in [0.717, 1.165) is 0 Å². The number of fused-ring (bicyclic) bond motifs is 1. The van der Waals surface area contributed by atoms with E-state index in [2.05, 4.69) is 0 Å². The van der Waals surface area contributed by atoms with Crippen LogP contribution in [0, 0.1) is 0 Å². The first-order valence-corrected chi connectivity index (χ1v) is 6.50. The lowest BCUT2D eigenvalue weighted by atomic mass is 10.1. The number of nitrogens with zero attached hydrogens (tertiary/aromatic N) is 2. The van der Waals surface area contributed by atoms with Gasteiger partial charge in [-0.1, -0.05) is 0 Å². The highest BCUT2D eigenvalue weighted by atomic mass is 16.6. The summed E-state index contributed by atoms with van der Waals surface area (Å²) in [4.78, 5) is 23.6. The molecule has 7 nitrogen and oxygen atoms in total. The maximum absolute atomic E-state index is 11.9. The van der Waals surface area contributed by atoms with Crippen LogP contribution in [0.15, 0.2) is 34.1 Å². The third-order valence-electron chi connectivity index (χ3n) is 3.38. The number of nitrogens with two attached hydrogens (primary N) is 1. The summed E-state index contributed by atoms with van der Waals surface area (Å²) in [5, 5.41) is 0. The lowest BCUT2D eigenvalue weighted by molar-refractivity contribution is 0.171. The van der Waals surface area contributed by atoms with E-state index in [-0.39, 0.29) is 6.54 Å². The van der Waals surface area contributed by atoms with Gasteiger partial charge in [0.15, 0.2) is 11.5 Å². The molecule has 0 saturated carbocycles. The summed E-state index contributed by atoms with van der Waals surface area (Å²) in [6, 6.07) is 3.42. The Morgan fingerprint density at radius 2 is 1.76 bits per heavy atom. The number of aromatic nitrogens is 2. The van der Waals surface area contributed by atoms with E-state index in [9.17, 15) is 9.59 Å². The zero-order chi connectivity index (χ0) is 15.0. The molecule has 21 heavy (non-hydrogen) atoms. The Morgan fingerprint density at radius 3 is 2.48 bits per heavy atom. The summed E-state index contributed by atoms with van der Waals surface area (Å²) in [5.41, 5.74) is 6.01. The smallest absolute Gasteiger partial charge is 0.316 e. The van der Waals surface area contributed by atoms with Crippen LogP contribution in [0.4, 0.5) is 5.69 Å². The topological polar surface area (TPSA) is 88.5 Å². The van der Waals surface area contributed by atoms with E-state index >= 15 is 0 Å². The summed E-state index contributed by atoms with van der Waals surface area (Å²) in [5.74, 6) is 1.20. The SMILES string of the molecule is Cn1ccn(Cc2cc3c(cc2N)OCCO3)c(=O)c1=O. The minimum absolute atomic E-state index is 0.206. The van der Waals surface area contributed by atoms with E-state index in [1.54, 1.807) is 18.3 Å². The van der Waals surface area contributed by atoms with Crippen LogP contribution in [0.1, 0.15) is 5.56 Å². The van der Waals surface area contributed by atoms with Crippen molar-refractivity contribution in [1.29, 1.82) is 0 Å². The highest BCUT2D eigenvalue weighted by molar-refractivity contribution is 5.58. The average molecular weight is 289 g/mol. The second-order valence-electron chi connectivity index (χ2n) is 4.84. The normalized spacial score (nSPS) is 13.2. The molecule has 1 aromatic carbocycles. The Hall–Kier alpha value is -2.70. The summed E-state index contributed by atoms with van der Waals surface area (Å²) in [7, 11) is 1.53. The molecule has 0 atom stereocenters. The van der Waals surface area contributed by atoms with Gasteiger partial charge in [-0.15, -0.1) is 0 Å². The number of anilines is 1. The Labute approximate surface area is 120 Å². The van der Waals surface area contributed by atoms with Gasteiger partial charge < -0.3 is 24.3 Å². The molecule has 2 N–H and O–H groups in total. The van der Waals surface area contributed by atoms with Crippen molar-refractivity contribution >= 4 is 5.69 Å². The molecule has 0 saturated heterocycles.